The van der Waals surface area contributed by atoms with Crippen LogP contribution < -0.4 is 10.9 Å². The van der Waals surface area contributed by atoms with E-state index in [0.717, 1.165) is 22.6 Å². The summed E-state index contributed by atoms with van der Waals surface area (Å²) in [6.07, 6.45) is 0. The van der Waals surface area contributed by atoms with Crippen LogP contribution in [-0.4, -0.2) is 20.4 Å². The third-order valence-corrected chi connectivity index (χ3v) is 4.15. The molecule has 1 amide bonds. The molecular weight excluding hydrogens is 304 g/mol. The highest BCUT2D eigenvalue weighted by Gasteiger charge is 2.20. The number of benzene rings is 1. The lowest BCUT2D eigenvalue weighted by Gasteiger charge is -2.14. The maximum atomic E-state index is 12.5. The Morgan fingerprint density at radius 2 is 2.00 bits per heavy atom. The second kappa shape index (κ2) is 5.96. The second-order valence-electron chi connectivity index (χ2n) is 6.05. The van der Waals surface area contributed by atoms with Crippen molar-refractivity contribution in [2.75, 3.05) is 0 Å². The van der Waals surface area contributed by atoms with Crippen LogP contribution in [0, 0.1) is 13.8 Å². The molecule has 124 valence electrons. The zero-order valence-corrected chi connectivity index (χ0v) is 14.2. The lowest BCUT2D eigenvalue weighted by Crippen LogP contribution is -2.33. The average Bonchev–Trinajstić information content (AvgIpc) is 2.84. The van der Waals surface area contributed by atoms with Crippen LogP contribution >= 0.6 is 0 Å². The SMILES string of the molecule is Cc1cc(C)c(C(=O)N[C@@H](C)c2nc3ccccc3n2C)c(=O)[nH]1. The third kappa shape index (κ3) is 2.71. The van der Waals surface area contributed by atoms with E-state index in [2.05, 4.69) is 15.3 Å². The first-order valence-electron chi connectivity index (χ1n) is 7.81. The molecule has 3 aromatic rings. The van der Waals surface area contributed by atoms with E-state index in [0.29, 0.717) is 5.56 Å². The molecule has 0 fully saturated rings. The summed E-state index contributed by atoms with van der Waals surface area (Å²) >= 11 is 0. The number of nitrogens with one attached hydrogen (secondary N) is 2. The van der Waals surface area contributed by atoms with E-state index in [1.54, 1.807) is 19.9 Å². The number of hydrogen-bond donors (Lipinski definition) is 2. The molecule has 0 saturated carbocycles. The Morgan fingerprint density at radius 1 is 1.29 bits per heavy atom. The maximum absolute atomic E-state index is 12.5. The lowest BCUT2D eigenvalue weighted by atomic mass is 10.1. The Balaban J connectivity index is 1.92. The number of para-hydroxylation sites is 2. The van der Waals surface area contributed by atoms with Crippen LogP contribution in [0.5, 0.6) is 0 Å². The first-order valence-corrected chi connectivity index (χ1v) is 7.81. The molecule has 2 heterocycles. The molecule has 6 heteroatoms. The van der Waals surface area contributed by atoms with Crippen molar-refractivity contribution in [3.05, 3.63) is 63.3 Å². The van der Waals surface area contributed by atoms with Crippen molar-refractivity contribution < 1.29 is 4.79 Å². The van der Waals surface area contributed by atoms with Crippen molar-refractivity contribution in [2.45, 2.75) is 26.8 Å². The summed E-state index contributed by atoms with van der Waals surface area (Å²) in [5, 5.41) is 2.87. The molecule has 24 heavy (non-hydrogen) atoms. The van der Waals surface area contributed by atoms with Crippen LogP contribution in [0.4, 0.5) is 0 Å². The maximum Gasteiger partial charge on any atom is 0.261 e. The molecule has 0 unspecified atom stereocenters. The highest BCUT2D eigenvalue weighted by atomic mass is 16.2. The van der Waals surface area contributed by atoms with E-state index in [-0.39, 0.29) is 17.2 Å². The van der Waals surface area contributed by atoms with Crippen molar-refractivity contribution >= 4 is 16.9 Å². The van der Waals surface area contributed by atoms with Gasteiger partial charge >= 0.3 is 0 Å². The molecule has 0 radical (unpaired) electrons. The van der Waals surface area contributed by atoms with Gasteiger partial charge in [-0.25, -0.2) is 4.98 Å². The Kier molecular flexibility index (Phi) is 3.97. The summed E-state index contributed by atoms with van der Waals surface area (Å²) in [4.78, 5) is 31.9. The predicted molar refractivity (Wildman–Crippen MR) is 93.1 cm³/mol. The number of aromatic nitrogens is 3. The van der Waals surface area contributed by atoms with Crippen LogP contribution in [0.3, 0.4) is 0 Å². The van der Waals surface area contributed by atoms with Crippen molar-refractivity contribution in [1.29, 1.82) is 0 Å². The van der Waals surface area contributed by atoms with Crippen LogP contribution in [0.2, 0.25) is 0 Å². The third-order valence-electron chi connectivity index (χ3n) is 4.15. The highest BCUT2D eigenvalue weighted by molar-refractivity contribution is 5.95. The number of hydrogen-bond acceptors (Lipinski definition) is 3. The summed E-state index contributed by atoms with van der Waals surface area (Å²) in [6, 6.07) is 9.26. The van der Waals surface area contributed by atoms with Crippen LogP contribution in [0.25, 0.3) is 11.0 Å². The molecule has 6 nitrogen and oxygen atoms in total. The van der Waals surface area contributed by atoms with Gasteiger partial charge < -0.3 is 14.9 Å². The monoisotopic (exact) mass is 324 g/mol. The van der Waals surface area contributed by atoms with Crippen molar-refractivity contribution in [2.24, 2.45) is 7.05 Å². The van der Waals surface area contributed by atoms with Gasteiger partial charge in [0.2, 0.25) is 0 Å². The summed E-state index contributed by atoms with van der Waals surface area (Å²) in [7, 11) is 1.91. The number of fused-ring (bicyclic) bond motifs is 1. The van der Waals surface area contributed by atoms with Gasteiger partial charge in [-0.2, -0.15) is 0 Å². The van der Waals surface area contributed by atoms with Gasteiger partial charge in [0.05, 0.1) is 17.1 Å². The number of amides is 1. The largest absolute Gasteiger partial charge is 0.342 e. The molecule has 2 N–H and O–H groups in total. The number of rotatable bonds is 3. The number of aromatic amines is 1. The molecule has 3 rings (SSSR count). The molecule has 0 saturated heterocycles. The van der Waals surface area contributed by atoms with Gasteiger partial charge in [-0.3, -0.25) is 9.59 Å². The van der Waals surface area contributed by atoms with Crippen LogP contribution in [0.1, 0.15) is 40.4 Å². The minimum Gasteiger partial charge on any atom is -0.342 e. The Morgan fingerprint density at radius 3 is 2.67 bits per heavy atom. The van der Waals surface area contributed by atoms with E-state index in [1.807, 2.05) is 42.8 Å². The van der Waals surface area contributed by atoms with Gasteiger partial charge in [0.1, 0.15) is 11.4 Å². The van der Waals surface area contributed by atoms with E-state index >= 15 is 0 Å². The molecule has 0 aliphatic rings. The van der Waals surface area contributed by atoms with Crippen LogP contribution in [-0.2, 0) is 7.05 Å². The molecule has 0 bridgehead atoms. The topological polar surface area (TPSA) is 79.8 Å². The average molecular weight is 324 g/mol. The van der Waals surface area contributed by atoms with Gasteiger partial charge in [-0.05, 0) is 44.5 Å². The number of pyridine rings is 1. The number of aryl methyl sites for hydroxylation is 3. The molecule has 2 aromatic heterocycles. The zero-order chi connectivity index (χ0) is 17.4. The fourth-order valence-corrected chi connectivity index (χ4v) is 3.02. The molecule has 0 aliphatic heterocycles. The number of carbonyl (C=O) groups is 1. The van der Waals surface area contributed by atoms with E-state index in [4.69, 9.17) is 0 Å². The van der Waals surface area contributed by atoms with Crippen LogP contribution in [0.15, 0.2) is 35.1 Å². The number of carbonyl (C=O) groups excluding carboxylic acids is 1. The summed E-state index contributed by atoms with van der Waals surface area (Å²) in [5.41, 5.74) is 3.04. The number of H-pyrrole nitrogens is 1. The summed E-state index contributed by atoms with van der Waals surface area (Å²) < 4.78 is 1.95. The predicted octanol–water partition coefficient (Wildman–Crippen LogP) is 2.37. The summed E-state index contributed by atoms with van der Waals surface area (Å²) in [6.45, 7) is 5.41. The fraction of sp³-hybridized carbons (Fsp3) is 0.278. The van der Waals surface area contributed by atoms with Gasteiger partial charge in [0, 0.05) is 12.7 Å². The van der Waals surface area contributed by atoms with Crippen molar-refractivity contribution in [1.82, 2.24) is 19.9 Å². The Hall–Kier alpha value is -2.89. The van der Waals surface area contributed by atoms with E-state index < -0.39 is 5.91 Å². The Bertz CT molecular complexity index is 984. The molecule has 1 atom stereocenters. The fourth-order valence-electron chi connectivity index (χ4n) is 3.02. The van der Waals surface area contributed by atoms with Gasteiger partial charge in [-0.15, -0.1) is 0 Å². The Labute approximate surface area is 139 Å². The van der Waals surface area contributed by atoms with Gasteiger partial charge in [-0.1, -0.05) is 12.1 Å². The van der Waals surface area contributed by atoms with Gasteiger partial charge in [0.15, 0.2) is 0 Å². The number of imidazole rings is 1. The van der Waals surface area contributed by atoms with E-state index in [9.17, 15) is 9.59 Å². The summed E-state index contributed by atoms with van der Waals surface area (Å²) in [5.74, 6) is 0.346. The molecule has 0 aliphatic carbocycles. The van der Waals surface area contributed by atoms with Crippen molar-refractivity contribution in [3.63, 3.8) is 0 Å². The standard InChI is InChI=1S/C18H20N4O2/c1-10-9-11(2)19-17(23)15(10)18(24)20-12(3)16-21-13-7-5-6-8-14(13)22(16)4/h5-9,12H,1-4H3,(H,19,23)(H,20,24)/t12-/m0/s1. The van der Waals surface area contributed by atoms with Crippen molar-refractivity contribution in [3.8, 4) is 0 Å². The van der Waals surface area contributed by atoms with Gasteiger partial charge in [0.25, 0.3) is 11.5 Å². The zero-order valence-electron chi connectivity index (χ0n) is 14.2. The lowest BCUT2D eigenvalue weighted by molar-refractivity contribution is 0.0935. The molecule has 0 spiro atoms. The van der Waals surface area contributed by atoms with E-state index in [1.165, 1.54) is 0 Å². The second-order valence-corrected chi connectivity index (χ2v) is 6.05. The molecular formula is C18H20N4O2. The minimum absolute atomic E-state index is 0.145. The first-order chi connectivity index (χ1) is 11.4. The molecule has 1 aromatic carbocycles. The normalized spacial score (nSPS) is 12.3. The number of nitrogens with zero attached hydrogens (tertiary/aromatic N) is 2. The highest BCUT2D eigenvalue weighted by Crippen LogP contribution is 2.19. The smallest absolute Gasteiger partial charge is 0.261 e. The quantitative estimate of drug-likeness (QED) is 0.776. The minimum atomic E-state index is -0.395. The first kappa shape index (κ1) is 16.0.